The van der Waals surface area contributed by atoms with E-state index in [1.165, 1.54) is 0 Å². The van der Waals surface area contributed by atoms with Crippen LogP contribution in [0, 0.1) is 6.92 Å². The first kappa shape index (κ1) is 18.5. The molecule has 0 unspecified atom stereocenters. The molecule has 0 radical (unpaired) electrons. The number of β-amino-alcohol motifs (C(OH)–C–C–N with tert-alkyl or cyclic N) is 1. The normalized spacial score (nSPS) is 17.6. The van der Waals surface area contributed by atoms with Crippen LogP contribution < -0.4 is 4.74 Å². The minimum absolute atomic E-state index is 0.166. The quantitative estimate of drug-likeness (QED) is 0.830. The maximum Gasteiger partial charge on any atom is 0.121 e. The topological polar surface area (TPSA) is 50.5 Å². The molecule has 1 fully saturated rings. The van der Waals surface area contributed by atoms with Gasteiger partial charge in [-0.1, -0.05) is 23.2 Å². The lowest BCUT2D eigenvalue weighted by molar-refractivity contribution is 0.0532. The molecular formula is C18H23Cl2N3O2. The van der Waals surface area contributed by atoms with Crippen LogP contribution in [0.3, 0.4) is 0 Å². The number of piperidine rings is 1. The number of hydrogen-bond donors (Lipinski definition) is 1. The minimum Gasteiger partial charge on any atom is -0.490 e. The van der Waals surface area contributed by atoms with Gasteiger partial charge in [0.05, 0.1) is 22.7 Å². The number of likely N-dealkylation sites (tertiary alicyclic amines) is 1. The number of halogens is 2. The smallest absolute Gasteiger partial charge is 0.121 e. The number of ether oxygens (including phenoxy) is 1. The largest absolute Gasteiger partial charge is 0.490 e. The summed E-state index contributed by atoms with van der Waals surface area (Å²) >= 11 is 12.0. The molecule has 0 amide bonds. The lowest BCUT2D eigenvalue weighted by atomic mass is 10.1. The van der Waals surface area contributed by atoms with Crippen molar-refractivity contribution in [2.24, 2.45) is 0 Å². The Labute approximate surface area is 158 Å². The van der Waals surface area contributed by atoms with Gasteiger partial charge in [-0.15, -0.1) is 0 Å². The Balaban J connectivity index is 1.43. The van der Waals surface area contributed by atoms with Crippen molar-refractivity contribution in [3.63, 3.8) is 0 Å². The van der Waals surface area contributed by atoms with Gasteiger partial charge in [-0.05, 0) is 38.0 Å². The predicted molar refractivity (Wildman–Crippen MR) is 99.5 cm³/mol. The highest BCUT2D eigenvalue weighted by Gasteiger charge is 2.22. The molecule has 1 aliphatic rings. The van der Waals surface area contributed by atoms with Crippen molar-refractivity contribution in [3.05, 3.63) is 46.2 Å². The molecule has 2 heterocycles. The summed E-state index contributed by atoms with van der Waals surface area (Å²) in [7, 11) is 0. The first-order chi connectivity index (χ1) is 12.0. The van der Waals surface area contributed by atoms with Gasteiger partial charge in [0, 0.05) is 37.6 Å². The molecule has 1 atom stereocenters. The second-order valence-electron chi connectivity index (χ2n) is 6.50. The Morgan fingerprint density at radius 3 is 2.60 bits per heavy atom. The lowest BCUT2D eigenvalue weighted by Crippen LogP contribution is -2.42. The van der Waals surface area contributed by atoms with Crippen LogP contribution in [-0.4, -0.2) is 51.6 Å². The molecule has 5 nitrogen and oxygen atoms in total. The molecule has 1 aliphatic heterocycles. The van der Waals surface area contributed by atoms with Crippen molar-refractivity contribution in [1.29, 1.82) is 0 Å². The molecule has 25 heavy (non-hydrogen) atoms. The van der Waals surface area contributed by atoms with Crippen molar-refractivity contribution in [1.82, 2.24) is 14.7 Å². The van der Waals surface area contributed by atoms with E-state index >= 15 is 0 Å². The predicted octanol–water partition coefficient (Wildman–Crippen LogP) is 3.40. The van der Waals surface area contributed by atoms with E-state index in [1.54, 1.807) is 18.3 Å². The van der Waals surface area contributed by atoms with Crippen molar-refractivity contribution in [2.75, 3.05) is 19.6 Å². The zero-order valence-corrected chi connectivity index (χ0v) is 15.7. The number of aliphatic hydroxyl groups excluding tert-OH is 1. The molecule has 2 aromatic rings. The summed E-state index contributed by atoms with van der Waals surface area (Å²) in [5.41, 5.74) is 1.06. The van der Waals surface area contributed by atoms with Crippen molar-refractivity contribution >= 4 is 23.2 Å². The van der Waals surface area contributed by atoms with Gasteiger partial charge in [0.15, 0.2) is 0 Å². The summed E-state index contributed by atoms with van der Waals surface area (Å²) < 4.78 is 7.84. The number of aryl methyl sites for hydroxylation is 1. The molecule has 7 heteroatoms. The fraction of sp³-hybridized carbons (Fsp3) is 0.500. The Morgan fingerprint density at radius 1 is 1.20 bits per heavy atom. The highest BCUT2D eigenvalue weighted by atomic mass is 35.5. The third-order valence-electron chi connectivity index (χ3n) is 4.51. The van der Waals surface area contributed by atoms with Crippen LogP contribution >= 0.6 is 23.2 Å². The summed E-state index contributed by atoms with van der Waals surface area (Å²) in [6.07, 6.45) is 3.35. The molecule has 0 spiro atoms. The van der Waals surface area contributed by atoms with Crippen LogP contribution in [-0.2, 0) is 6.54 Å². The molecule has 3 rings (SSSR count). The SMILES string of the molecule is Cc1ccnn1C[C@H](O)CN1CCC(Oc2ccc(Cl)c(Cl)c2)CC1. The van der Waals surface area contributed by atoms with Gasteiger partial charge in [0.25, 0.3) is 0 Å². The Bertz CT molecular complexity index is 699. The minimum atomic E-state index is -0.425. The number of nitrogens with zero attached hydrogens (tertiary/aromatic N) is 3. The summed E-state index contributed by atoms with van der Waals surface area (Å²) in [4.78, 5) is 2.28. The number of benzene rings is 1. The highest BCUT2D eigenvalue weighted by molar-refractivity contribution is 6.42. The van der Waals surface area contributed by atoms with E-state index in [0.717, 1.165) is 37.4 Å². The van der Waals surface area contributed by atoms with Gasteiger partial charge in [-0.25, -0.2) is 0 Å². The van der Waals surface area contributed by atoms with Gasteiger partial charge < -0.3 is 14.7 Å². The second kappa shape index (κ2) is 8.41. The third-order valence-corrected chi connectivity index (χ3v) is 5.25. The molecule has 136 valence electrons. The maximum absolute atomic E-state index is 10.3. The van der Waals surface area contributed by atoms with Gasteiger partial charge in [-0.3, -0.25) is 4.68 Å². The molecule has 0 saturated carbocycles. The van der Waals surface area contributed by atoms with Gasteiger partial charge in [0.2, 0.25) is 0 Å². The van der Waals surface area contributed by atoms with Crippen LogP contribution in [0.25, 0.3) is 0 Å². The molecule has 1 aromatic heterocycles. The standard InChI is InChI=1S/C18H23Cl2N3O2/c1-13-4-7-21-23(13)12-14(24)11-22-8-5-15(6-9-22)25-16-2-3-17(19)18(20)10-16/h2-4,7,10,14-15,24H,5-6,8-9,11-12H2,1H3/t14-/m1/s1. The molecule has 1 saturated heterocycles. The molecular weight excluding hydrogens is 361 g/mol. The molecule has 1 aromatic carbocycles. The third kappa shape index (κ3) is 5.11. The van der Waals surface area contributed by atoms with E-state index in [1.807, 2.05) is 23.7 Å². The molecule has 0 aliphatic carbocycles. The zero-order chi connectivity index (χ0) is 17.8. The van der Waals surface area contributed by atoms with Gasteiger partial charge in [0.1, 0.15) is 11.9 Å². The number of rotatable bonds is 6. The molecule has 0 bridgehead atoms. The summed E-state index contributed by atoms with van der Waals surface area (Å²) in [5, 5.41) is 15.6. The van der Waals surface area contributed by atoms with Crippen LogP contribution in [0.5, 0.6) is 5.75 Å². The van der Waals surface area contributed by atoms with E-state index in [4.69, 9.17) is 27.9 Å². The highest BCUT2D eigenvalue weighted by Crippen LogP contribution is 2.28. The van der Waals surface area contributed by atoms with Crippen molar-refractivity contribution < 1.29 is 9.84 Å². The summed E-state index contributed by atoms with van der Waals surface area (Å²) in [6.45, 7) is 4.98. The summed E-state index contributed by atoms with van der Waals surface area (Å²) in [6, 6.07) is 7.30. The van der Waals surface area contributed by atoms with Gasteiger partial charge in [-0.2, -0.15) is 5.10 Å². The molecule has 1 N–H and O–H groups in total. The zero-order valence-electron chi connectivity index (χ0n) is 14.2. The first-order valence-electron chi connectivity index (χ1n) is 8.52. The van der Waals surface area contributed by atoms with E-state index in [9.17, 15) is 5.11 Å². The number of hydrogen-bond acceptors (Lipinski definition) is 4. The maximum atomic E-state index is 10.3. The van der Waals surface area contributed by atoms with E-state index in [-0.39, 0.29) is 6.10 Å². The number of aliphatic hydroxyl groups is 1. The summed E-state index contributed by atoms with van der Waals surface area (Å²) in [5.74, 6) is 0.752. The van der Waals surface area contributed by atoms with Crippen molar-refractivity contribution in [3.8, 4) is 5.75 Å². The fourth-order valence-corrected chi connectivity index (χ4v) is 3.39. The fourth-order valence-electron chi connectivity index (χ4n) is 3.10. The average Bonchev–Trinajstić information content (AvgIpc) is 2.98. The Hall–Kier alpha value is -1.27. The number of aromatic nitrogens is 2. The van der Waals surface area contributed by atoms with Crippen LogP contribution in [0.1, 0.15) is 18.5 Å². The van der Waals surface area contributed by atoms with Crippen LogP contribution in [0.2, 0.25) is 10.0 Å². The van der Waals surface area contributed by atoms with Crippen LogP contribution in [0.4, 0.5) is 0 Å². The Morgan fingerprint density at radius 2 is 1.96 bits per heavy atom. The van der Waals surface area contributed by atoms with E-state index in [0.29, 0.717) is 23.1 Å². The average molecular weight is 384 g/mol. The first-order valence-corrected chi connectivity index (χ1v) is 9.27. The Kier molecular flexibility index (Phi) is 6.23. The van der Waals surface area contributed by atoms with E-state index in [2.05, 4.69) is 10.00 Å². The monoisotopic (exact) mass is 383 g/mol. The van der Waals surface area contributed by atoms with E-state index < -0.39 is 6.10 Å². The lowest BCUT2D eigenvalue weighted by Gasteiger charge is -2.33. The van der Waals surface area contributed by atoms with Gasteiger partial charge >= 0.3 is 0 Å². The van der Waals surface area contributed by atoms with Crippen LogP contribution in [0.15, 0.2) is 30.5 Å². The second-order valence-corrected chi connectivity index (χ2v) is 7.32. The van der Waals surface area contributed by atoms with Crippen molar-refractivity contribution in [2.45, 2.75) is 38.5 Å².